The average molecular weight is 210 g/mol. The fourth-order valence-corrected chi connectivity index (χ4v) is 1.83. The van der Waals surface area contributed by atoms with E-state index < -0.39 is 0 Å². The second-order valence-corrected chi connectivity index (χ2v) is 4.96. The number of aromatic nitrogens is 2. The van der Waals surface area contributed by atoms with Gasteiger partial charge in [-0.1, -0.05) is 13.8 Å². The van der Waals surface area contributed by atoms with Crippen LogP contribution in [0.3, 0.4) is 0 Å². The van der Waals surface area contributed by atoms with E-state index in [1.165, 1.54) is 11.3 Å². The Balaban J connectivity index is 2.99. The van der Waals surface area contributed by atoms with Crippen molar-refractivity contribution in [1.82, 2.24) is 9.78 Å². The summed E-state index contributed by atoms with van der Waals surface area (Å²) in [5, 5.41) is 13.8. The summed E-state index contributed by atoms with van der Waals surface area (Å²) in [7, 11) is 0. The summed E-state index contributed by atoms with van der Waals surface area (Å²) in [4.78, 5) is 0. The predicted molar refractivity (Wildman–Crippen MR) is 61.9 cm³/mol. The van der Waals surface area contributed by atoms with Gasteiger partial charge in [0, 0.05) is 18.8 Å². The Morgan fingerprint density at radius 2 is 1.93 bits per heavy atom. The molecule has 0 aliphatic rings. The van der Waals surface area contributed by atoms with E-state index in [0.717, 1.165) is 18.7 Å². The van der Waals surface area contributed by atoms with Crippen molar-refractivity contribution in [1.29, 1.82) is 0 Å². The molecular weight excluding hydrogens is 188 g/mol. The van der Waals surface area contributed by atoms with E-state index in [4.69, 9.17) is 0 Å². The molecule has 3 nitrogen and oxygen atoms in total. The van der Waals surface area contributed by atoms with Crippen LogP contribution in [-0.2, 0) is 13.0 Å². The number of rotatable bonds is 4. The summed E-state index contributed by atoms with van der Waals surface area (Å²) in [6.45, 7) is 11.5. The number of aryl methyl sites for hydroxylation is 2. The van der Waals surface area contributed by atoms with Gasteiger partial charge in [-0.15, -0.1) is 0 Å². The summed E-state index contributed by atoms with van der Waals surface area (Å²) in [6, 6.07) is 0. The lowest BCUT2D eigenvalue weighted by Crippen LogP contribution is -2.20. The maximum absolute atomic E-state index is 9.27. The van der Waals surface area contributed by atoms with Crippen molar-refractivity contribution in [3.63, 3.8) is 0 Å². The highest BCUT2D eigenvalue weighted by molar-refractivity contribution is 5.25. The molecule has 0 unspecified atom stereocenters. The van der Waals surface area contributed by atoms with Crippen LogP contribution in [0.5, 0.6) is 0 Å². The van der Waals surface area contributed by atoms with Crippen LogP contribution in [0.4, 0.5) is 0 Å². The first-order chi connectivity index (χ1) is 6.91. The molecule has 0 bridgehead atoms. The molecule has 15 heavy (non-hydrogen) atoms. The monoisotopic (exact) mass is 210 g/mol. The molecule has 0 fully saturated rings. The molecule has 0 atom stereocenters. The molecule has 0 saturated heterocycles. The highest BCUT2D eigenvalue weighted by Crippen LogP contribution is 2.25. The largest absolute Gasteiger partial charge is 0.396 e. The van der Waals surface area contributed by atoms with Gasteiger partial charge in [-0.2, -0.15) is 5.10 Å². The Morgan fingerprint density at radius 1 is 1.33 bits per heavy atom. The Labute approximate surface area is 92.1 Å². The van der Waals surface area contributed by atoms with Crippen molar-refractivity contribution in [3.8, 4) is 0 Å². The van der Waals surface area contributed by atoms with Crippen molar-refractivity contribution in [2.75, 3.05) is 6.61 Å². The van der Waals surface area contributed by atoms with Gasteiger partial charge in [0.25, 0.3) is 0 Å². The number of hydrogen-bond acceptors (Lipinski definition) is 2. The second kappa shape index (κ2) is 4.35. The molecule has 0 aliphatic carbocycles. The zero-order valence-corrected chi connectivity index (χ0v) is 10.5. The zero-order valence-electron chi connectivity index (χ0n) is 10.5. The maximum Gasteiger partial charge on any atom is 0.0628 e. The lowest BCUT2D eigenvalue weighted by Gasteiger charge is -2.21. The third-order valence-corrected chi connectivity index (χ3v) is 2.91. The summed E-state index contributed by atoms with van der Waals surface area (Å²) >= 11 is 0. The van der Waals surface area contributed by atoms with Crippen LogP contribution < -0.4 is 0 Å². The smallest absolute Gasteiger partial charge is 0.0628 e. The molecular formula is C12H22N2O. The summed E-state index contributed by atoms with van der Waals surface area (Å²) in [5.41, 5.74) is 3.56. The highest BCUT2D eigenvalue weighted by Gasteiger charge is 2.21. The maximum atomic E-state index is 9.27. The number of aliphatic hydroxyl groups is 1. The fourth-order valence-electron chi connectivity index (χ4n) is 1.83. The van der Waals surface area contributed by atoms with Crippen LogP contribution in [0.1, 0.15) is 37.7 Å². The van der Waals surface area contributed by atoms with E-state index in [-0.39, 0.29) is 12.0 Å². The number of nitrogens with zero attached hydrogens (tertiary/aromatic N) is 2. The molecule has 1 aromatic rings. The molecule has 0 radical (unpaired) electrons. The summed E-state index contributed by atoms with van der Waals surface area (Å²) in [6.07, 6.45) is 0.890. The Kier molecular flexibility index (Phi) is 3.55. The van der Waals surface area contributed by atoms with Gasteiger partial charge in [0.1, 0.15) is 0 Å². The van der Waals surface area contributed by atoms with Crippen LogP contribution in [0.2, 0.25) is 0 Å². The van der Waals surface area contributed by atoms with E-state index in [1.54, 1.807) is 0 Å². The fraction of sp³-hybridized carbons (Fsp3) is 0.750. The molecule has 0 spiro atoms. The number of aliphatic hydroxyl groups excluding tert-OH is 1. The lowest BCUT2D eigenvalue weighted by atomic mass is 9.86. The molecule has 0 aromatic carbocycles. The molecule has 0 saturated carbocycles. The summed E-state index contributed by atoms with van der Waals surface area (Å²) in [5.74, 6) is 0. The van der Waals surface area contributed by atoms with Gasteiger partial charge in [0.2, 0.25) is 0 Å². The molecule has 1 heterocycles. The van der Waals surface area contributed by atoms with Crippen LogP contribution in [0.15, 0.2) is 0 Å². The van der Waals surface area contributed by atoms with Crippen LogP contribution in [-0.4, -0.2) is 21.5 Å². The van der Waals surface area contributed by atoms with Gasteiger partial charge < -0.3 is 5.11 Å². The van der Waals surface area contributed by atoms with Gasteiger partial charge in [-0.3, -0.25) is 4.68 Å². The van der Waals surface area contributed by atoms with E-state index in [0.29, 0.717) is 0 Å². The third-order valence-electron chi connectivity index (χ3n) is 2.91. The third kappa shape index (κ3) is 2.59. The van der Waals surface area contributed by atoms with Gasteiger partial charge in [0.05, 0.1) is 5.69 Å². The summed E-state index contributed by atoms with van der Waals surface area (Å²) < 4.78 is 2.03. The van der Waals surface area contributed by atoms with Crippen molar-refractivity contribution >= 4 is 0 Å². The first-order valence-electron chi connectivity index (χ1n) is 5.55. The second-order valence-electron chi connectivity index (χ2n) is 4.96. The van der Waals surface area contributed by atoms with Gasteiger partial charge in [-0.25, -0.2) is 0 Å². The van der Waals surface area contributed by atoms with Crippen LogP contribution in [0.25, 0.3) is 0 Å². The average Bonchev–Trinajstić information content (AvgIpc) is 2.45. The van der Waals surface area contributed by atoms with E-state index in [2.05, 4.69) is 32.8 Å². The van der Waals surface area contributed by atoms with Crippen LogP contribution >= 0.6 is 0 Å². The Bertz CT molecular complexity index is 340. The predicted octanol–water partition coefficient (Wildman–Crippen LogP) is 2.08. The van der Waals surface area contributed by atoms with E-state index in [9.17, 15) is 5.11 Å². The normalized spacial score (nSPS) is 12.1. The van der Waals surface area contributed by atoms with E-state index in [1.807, 2.05) is 11.6 Å². The minimum Gasteiger partial charge on any atom is -0.396 e. The standard InChI is InChI=1S/C12H22N2O/c1-6-14-10(3)11(9(2)13-14)7-12(4,5)8-15/h15H,6-8H2,1-5H3. The zero-order chi connectivity index (χ0) is 11.6. The van der Waals surface area contributed by atoms with Crippen molar-refractivity contribution in [2.45, 2.75) is 47.6 Å². The molecule has 1 aromatic heterocycles. The minimum atomic E-state index is -0.0584. The first-order valence-corrected chi connectivity index (χ1v) is 5.55. The van der Waals surface area contributed by atoms with Crippen molar-refractivity contribution in [2.24, 2.45) is 5.41 Å². The lowest BCUT2D eigenvalue weighted by molar-refractivity contribution is 0.159. The quantitative estimate of drug-likeness (QED) is 0.826. The van der Waals surface area contributed by atoms with E-state index >= 15 is 0 Å². The van der Waals surface area contributed by atoms with Gasteiger partial charge in [0.15, 0.2) is 0 Å². The molecule has 1 rings (SSSR count). The Hall–Kier alpha value is -0.830. The van der Waals surface area contributed by atoms with Crippen LogP contribution in [0, 0.1) is 19.3 Å². The first kappa shape index (κ1) is 12.2. The Morgan fingerprint density at radius 3 is 2.33 bits per heavy atom. The molecule has 1 N–H and O–H groups in total. The van der Waals surface area contributed by atoms with Crippen molar-refractivity contribution < 1.29 is 5.11 Å². The SMILES string of the molecule is CCn1nc(C)c(CC(C)(C)CO)c1C. The number of hydrogen-bond donors (Lipinski definition) is 1. The highest BCUT2D eigenvalue weighted by atomic mass is 16.3. The topological polar surface area (TPSA) is 38.0 Å². The minimum absolute atomic E-state index is 0.0584. The molecule has 0 amide bonds. The van der Waals surface area contributed by atoms with Gasteiger partial charge in [-0.05, 0) is 38.2 Å². The van der Waals surface area contributed by atoms with Gasteiger partial charge >= 0.3 is 0 Å². The molecule has 3 heteroatoms. The molecule has 0 aliphatic heterocycles. The molecule has 86 valence electrons. The van der Waals surface area contributed by atoms with Crippen molar-refractivity contribution in [3.05, 3.63) is 17.0 Å².